The molecule has 4 aliphatic carbocycles. The largest absolute Gasteiger partial charge is 0.495 e. The minimum absolute atomic E-state index is 0.132. The summed E-state index contributed by atoms with van der Waals surface area (Å²) < 4.78 is 5.64. The molecule has 3 nitrogen and oxygen atoms in total. The second kappa shape index (κ2) is 5.51. The second-order valence-electron chi connectivity index (χ2n) is 8.04. The molecule has 0 radical (unpaired) electrons. The van der Waals surface area contributed by atoms with Crippen LogP contribution in [0.2, 0.25) is 0 Å². The molecule has 0 spiro atoms. The van der Waals surface area contributed by atoms with E-state index in [0.29, 0.717) is 10.7 Å². The van der Waals surface area contributed by atoms with Crippen molar-refractivity contribution in [3.05, 3.63) is 24.3 Å². The minimum Gasteiger partial charge on any atom is -0.495 e. The van der Waals surface area contributed by atoms with Crippen molar-refractivity contribution in [1.29, 1.82) is 0 Å². The summed E-state index contributed by atoms with van der Waals surface area (Å²) in [6, 6.07) is 7.63. The Morgan fingerprint density at radius 3 is 2.61 bits per heavy atom. The van der Waals surface area contributed by atoms with Crippen LogP contribution in [-0.4, -0.2) is 17.3 Å². The van der Waals surface area contributed by atoms with Crippen molar-refractivity contribution in [3.8, 4) is 5.75 Å². The van der Waals surface area contributed by atoms with Gasteiger partial charge in [0.05, 0.1) is 12.8 Å². The number of para-hydroxylation sites is 2. The van der Waals surface area contributed by atoms with Gasteiger partial charge in [-0.05, 0) is 67.9 Å². The van der Waals surface area contributed by atoms with Gasteiger partial charge in [0, 0.05) is 10.7 Å². The number of rotatable bonds is 4. The van der Waals surface area contributed by atoms with Crippen molar-refractivity contribution in [3.63, 3.8) is 0 Å². The van der Waals surface area contributed by atoms with Gasteiger partial charge in [-0.1, -0.05) is 28.1 Å². The third-order valence-electron chi connectivity index (χ3n) is 6.03. The van der Waals surface area contributed by atoms with Crippen LogP contribution in [-0.2, 0) is 4.79 Å². The van der Waals surface area contributed by atoms with Crippen LogP contribution < -0.4 is 10.1 Å². The molecule has 1 amide bonds. The van der Waals surface area contributed by atoms with Gasteiger partial charge < -0.3 is 10.1 Å². The zero-order valence-electron chi connectivity index (χ0n) is 13.6. The minimum atomic E-state index is 0.132. The van der Waals surface area contributed by atoms with E-state index in [1.807, 2.05) is 24.3 Å². The maximum atomic E-state index is 12.7. The van der Waals surface area contributed by atoms with Gasteiger partial charge in [0.1, 0.15) is 5.75 Å². The highest BCUT2D eigenvalue weighted by atomic mass is 79.9. The lowest BCUT2D eigenvalue weighted by atomic mass is 9.48. The van der Waals surface area contributed by atoms with E-state index in [9.17, 15) is 4.79 Å². The molecule has 5 rings (SSSR count). The van der Waals surface area contributed by atoms with E-state index in [4.69, 9.17) is 4.74 Å². The molecular weight excluding hydrogens is 354 g/mol. The monoisotopic (exact) mass is 377 g/mol. The van der Waals surface area contributed by atoms with Crippen LogP contribution in [0.1, 0.15) is 44.9 Å². The highest BCUT2D eigenvalue weighted by Crippen LogP contribution is 2.65. The Morgan fingerprint density at radius 2 is 1.96 bits per heavy atom. The van der Waals surface area contributed by atoms with Crippen LogP contribution >= 0.6 is 15.9 Å². The zero-order chi connectivity index (χ0) is 16.1. The first-order valence-electron chi connectivity index (χ1n) is 8.61. The van der Waals surface area contributed by atoms with Crippen LogP contribution in [0.15, 0.2) is 24.3 Å². The molecule has 4 bridgehead atoms. The first kappa shape index (κ1) is 15.5. The van der Waals surface area contributed by atoms with Gasteiger partial charge in [-0.2, -0.15) is 0 Å². The maximum absolute atomic E-state index is 12.7. The highest BCUT2D eigenvalue weighted by molar-refractivity contribution is 9.10. The van der Waals surface area contributed by atoms with Crippen molar-refractivity contribution < 1.29 is 9.53 Å². The number of carbonyl (C=O) groups is 1. The van der Waals surface area contributed by atoms with Crippen LogP contribution in [0.5, 0.6) is 5.75 Å². The predicted molar refractivity (Wildman–Crippen MR) is 95.0 cm³/mol. The lowest BCUT2D eigenvalue weighted by molar-refractivity contribution is -0.123. The number of methoxy groups -OCH3 is 1. The maximum Gasteiger partial charge on any atom is 0.225 e. The first-order valence-corrected chi connectivity index (χ1v) is 9.40. The number of anilines is 1. The Kier molecular flexibility index (Phi) is 3.71. The summed E-state index contributed by atoms with van der Waals surface area (Å²) in [7, 11) is 1.64. The Balaban J connectivity index is 1.49. The van der Waals surface area contributed by atoms with Gasteiger partial charge in [-0.3, -0.25) is 4.79 Å². The molecule has 0 aliphatic heterocycles. The molecule has 0 unspecified atom stereocenters. The molecule has 0 saturated heterocycles. The average Bonchev–Trinajstić information content (AvgIpc) is 2.44. The van der Waals surface area contributed by atoms with Crippen LogP contribution in [0.4, 0.5) is 5.69 Å². The lowest BCUT2D eigenvalue weighted by Gasteiger charge is -2.60. The molecule has 1 aromatic carbocycles. The van der Waals surface area contributed by atoms with Crippen LogP contribution in [0, 0.1) is 17.3 Å². The summed E-state index contributed by atoms with van der Waals surface area (Å²) in [6.07, 6.45) is 8.26. The summed E-state index contributed by atoms with van der Waals surface area (Å²) >= 11 is 4.02. The molecule has 0 heterocycles. The number of alkyl halides is 1. The lowest BCUT2D eigenvalue weighted by Crippen LogP contribution is -2.53. The molecule has 4 saturated carbocycles. The van der Waals surface area contributed by atoms with E-state index in [1.165, 1.54) is 32.1 Å². The Morgan fingerprint density at radius 1 is 1.26 bits per heavy atom. The summed E-state index contributed by atoms with van der Waals surface area (Å²) in [5.74, 6) is 2.49. The molecule has 1 aromatic rings. The number of benzene rings is 1. The van der Waals surface area contributed by atoms with Crippen LogP contribution in [0.25, 0.3) is 0 Å². The SMILES string of the molecule is COc1ccccc1NC(=O)CC12C[C@@H]3C[C@H](CC(Br)(C3)C1)C2. The fraction of sp³-hybridized carbons (Fsp3) is 0.632. The molecule has 124 valence electrons. The number of ether oxygens (including phenoxy) is 1. The Bertz CT molecular complexity index is 616. The molecule has 23 heavy (non-hydrogen) atoms. The second-order valence-corrected chi connectivity index (χ2v) is 9.72. The molecule has 0 aromatic heterocycles. The smallest absolute Gasteiger partial charge is 0.225 e. The summed E-state index contributed by atoms with van der Waals surface area (Å²) in [5.41, 5.74) is 0.984. The molecule has 2 atom stereocenters. The van der Waals surface area contributed by atoms with E-state index in [0.717, 1.165) is 29.7 Å². The van der Waals surface area contributed by atoms with Crippen molar-refractivity contribution in [2.45, 2.75) is 49.3 Å². The normalized spacial score (nSPS) is 37.7. The molecule has 4 heteroatoms. The summed E-state index contributed by atoms with van der Waals surface area (Å²) in [5, 5.41) is 3.07. The molecule has 4 fully saturated rings. The van der Waals surface area contributed by atoms with Crippen molar-refractivity contribution in [2.75, 3.05) is 12.4 Å². The van der Waals surface area contributed by atoms with Gasteiger partial charge in [-0.25, -0.2) is 0 Å². The van der Waals surface area contributed by atoms with Gasteiger partial charge in [0.25, 0.3) is 0 Å². The summed E-state index contributed by atoms with van der Waals surface area (Å²) in [4.78, 5) is 12.7. The van der Waals surface area contributed by atoms with E-state index in [2.05, 4.69) is 21.2 Å². The first-order chi connectivity index (χ1) is 11.0. The van der Waals surface area contributed by atoms with Crippen molar-refractivity contribution in [2.24, 2.45) is 17.3 Å². The number of nitrogens with one attached hydrogen (secondary N) is 1. The molecular formula is C19H24BrNO2. The van der Waals surface area contributed by atoms with Gasteiger partial charge in [-0.15, -0.1) is 0 Å². The van der Waals surface area contributed by atoms with Gasteiger partial charge in [0.2, 0.25) is 5.91 Å². The quantitative estimate of drug-likeness (QED) is 0.768. The number of amides is 1. The van der Waals surface area contributed by atoms with E-state index < -0.39 is 0 Å². The zero-order valence-corrected chi connectivity index (χ0v) is 15.2. The average molecular weight is 378 g/mol. The van der Waals surface area contributed by atoms with Gasteiger partial charge in [0.15, 0.2) is 0 Å². The van der Waals surface area contributed by atoms with Crippen molar-refractivity contribution in [1.82, 2.24) is 0 Å². The predicted octanol–water partition coefficient (Wildman–Crippen LogP) is 4.76. The summed E-state index contributed by atoms with van der Waals surface area (Å²) in [6.45, 7) is 0. The number of carbonyl (C=O) groups excluding carboxylic acids is 1. The molecule has 4 aliphatic rings. The number of halogens is 1. The highest BCUT2D eigenvalue weighted by Gasteiger charge is 2.57. The third-order valence-corrected chi connectivity index (χ3v) is 6.96. The van der Waals surface area contributed by atoms with Gasteiger partial charge >= 0.3 is 0 Å². The van der Waals surface area contributed by atoms with E-state index in [1.54, 1.807) is 7.11 Å². The number of hydrogen-bond donors (Lipinski definition) is 1. The van der Waals surface area contributed by atoms with E-state index >= 15 is 0 Å². The Labute approximate surface area is 146 Å². The number of hydrogen-bond acceptors (Lipinski definition) is 2. The Hall–Kier alpha value is -1.03. The fourth-order valence-electron chi connectivity index (χ4n) is 5.83. The molecule has 1 N–H and O–H groups in total. The topological polar surface area (TPSA) is 38.3 Å². The van der Waals surface area contributed by atoms with Crippen LogP contribution in [0.3, 0.4) is 0 Å². The fourth-order valence-corrected chi connectivity index (χ4v) is 7.34. The van der Waals surface area contributed by atoms with E-state index in [-0.39, 0.29) is 11.3 Å². The standard InChI is InChI=1S/C19H24BrNO2/c1-23-16-5-3-2-4-15(16)21-17(22)11-18-7-13-6-14(8-18)10-19(20,9-13)12-18/h2-5,13-14H,6-12H2,1H3,(H,21,22)/t13-,14-,18?,19?/m0/s1. The third kappa shape index (κ3) is 2.90. The van der Waals surface area contributed by atoms with Crippen molar-refractivity contribution >= 4 is 27.5 Å².